The van der Waals surface area contributed by atoms with Gasteiger partial charge < -0.3 is 18.9 Å². The Morgan fingerprint density at radius 2 is 1.10 bits per heavy atom. The Morgan fingerprint density at radius 3 is 1.57 bits per heavy atom. The molecule has 0 saturated heterocycles. The highest BCUT2D eigenvalue weighted by Crippen LogP contribution is 2.15. The molecule has 3 aromatic rings. The van der Waals surface area contributed by atoms with Crippen LogP contribution in [0.1, 0.15) is 47.6 Å². The number of carbonyl (C=O) groups excluding carboxylic acids is 2. The molecule has 0 aliphatic carbocycles. The minimum Gasteiger partial charge on any atom is -0.493 e. The Labute approximate surface area is 248 Å². The van der Waals surface area contributed by atoms with Crippen LogP contribution in [0.3, 0.4) is 0 Å². The van der Waals surface area contributed by atoms with Crippen molar-refractivity contribution in [1.29, 1.82) is 0 Å². The monoisotopic (exact) mass is 562 g/mol. The Balaban J connectivity index is 1.51. The van der Waals surface area contributed by atoms with E-state index in [1.807, 2.05) is 60.7 Å². The molecular weight excluding hydrogens is 528 g/mol. The molecule has 0 heterocycles. The fourth-order valence-corrected chi connectivity index (χ4v) is 3.60. The van der Waals surface area contributed by atoms with Gasteiger partial charge in [-0.1, -0.05) is 43.8 Å². The summed E-state index contributed by atoms with van der Waals surface area (Å²) < 4.78 is 21.2. The van der Waals surface area contributed by atoms with Gasteiger partial charge in [-0.05, 0) is 78.7 Å². The molecule has 6 heteroatoms. The second-order valence-corrected chi connectivity index (χ2v) is 8.92. The molecule has 0 spiro atoms. The third-order valence-corrected chi connectivity index (χ3v) is 5.82. The van der Waals surface area contributed by atoms with E-state index in [4.69, 9.17) is 18.9 Å². The second kappa shape index (κ2) is 17.5. The zero-order valence-electron chi connectivity index (χ0n) is 23.8. The van der Waals surface area contributed by atoms with Crippen molar-refractivity contribution in [3.8, 4) is 35.2 Å². The van der Waals surface area contributed by atoms with Crippen LogP contribution in [0.25, 0.3) is 0 Å². The standard InChI is InChI=1S/C36H34O6/c1-4-31-27-30(10-9-28-13-19-33(20-14-28)39-23-7-25-41-35(37)5-2)12-18-32(31)17-11-29-15-21-34(22-16-29)40-24-8-26-42-36(38)6-3/h5-6,12-16,18-22,27H,2-4,7-8,23-26H2,1H3. The molecule has 0 atom stereocenters. The summed E-state index contributed by atoms with van der Waals surface area (Å²) in [5.74, 6) is 13.5. The average Bonchev–Trinajstić information content (AvgIpc) is 3.03. The van der Waals surface area contributed by atoms with Gasteiger partial charge in [0, 0.05) is 47.2 Å². The molecule has 3 aromatic carbocycles. The fourth-order valence-electron chi connectivity index (χ4n) is 3.60. The molecular formula is C36H34O6. The highest BCUT2D eigenvalue weighted by molar-refractivity contribution is 5.81. The van der Waals surface area contributed by atoms with Crippen LogP contribution in [0, 0.1) is 23.7 Å². The Bertz CT molecular complexity index is 1480. The molecule has 0 radical (unpaired) electrons. The van der Waals surface area contributed by atoms with Crippen LogP contribution in [0.5, 0.6) is 11.5 Å². The molecule has 0 fully saturated rings. The summed E-state index contributed by atoms with van der Waals surface area (Å²) >= 11 is 0. The van der Waals surface area contributed by atoms with Gasteiger partial charge in [0.2, 0.25) is 0 Å². The number of esters is 2. The lowest BCUT2D eigenvalue weighted by Gasteiger charge is -2.06. The first-order valence-electron chi connectivity index (χ1n) is 13.7. The number of aryl methyl sites for hydroxylation is 1. The highest BCUT2D eigenvalue weighted by atomic mass is 16.5. The van der Waals surface area contributed by atoms with E-state index in [0.717, 1.165) is 57.9 Å². The van der Waals surface area contributed by atoms with Crippen molar-refractivity contribution in [2.24, 2.45) is 0 Å². The smallest absolute Gasteiger partial charge is 0.330 e. The molecule has 6 nitrogen and oxygen atoms in total. The van der Waals surface area contributed by atoms with Crippen LogP contribution in [0.15, 0.2) is 92.0 Å². The zero-order valence-corrected chi connectivity index (χ0v) is 23.8. The van der Waals surface area contributed by atoms with Crippen molar-refractivity contribution in [2.75, 3.05) is 26.4 Å². The average molecular weight is 563 g/mol. The maximum absolute atomic E-state index is 11.0. The molecule has 0 aliphatic rings. The van der Waals surface area contributed by atoms with Gasteiger partial charge in [-0.3, -0.25) is 0 Å². The fraction of sp³-hybridized carbons (Fsp3) is 0.222. The van der Waals surface area contributed by atoms with Crippen molar-refractivity contribution in [2.45, 2.75) is 26.2 Å². The number of benzene rings is 3. The van der Waals surface area contributed by atoms with Crippen molar-refractivity contribution in [3.63, 3.8) is 0 Å². The molecule has 42 heavy (non-hydrogen) atoms. The van der Waals surface area contributed by atoms with E-state index in [2.05, 4.69) is 49.8 Å². The number of hydrogen-bond donors (Lipinski definition) is 0. The van der Waals surface area contributed by atoms with Crippen molar-refractivity contribution < 1.29 is 28.5 Å². The first-order valence-corrected chi connectivity index (χ1v) is 13.7. The summed E-state index contributed by atoms with van der Waals surface area (Å²) in [5.41, 5.74) is 4.80. The SMILES string of the molecule is C=CC(=O)OCCCOc1ccc(C#Cc2ccc(C#Cc3ccc(OCCCOC(=O)C=C)cc3)c(CC)c2)cc1. The van der Waals surface area contributed by atoms with Crippen LogP contribution >= 0.6 is 0 Å². The Hall–Kier alpha value is -5.20. The van der Waals surface area contributed by atoms with Crippen LogP contribution in [0.4, 0.5) is 0 Å². The third-order valence-electron chi connectivity index (χ3n) is 5.82. The lowest BCUT2D eigenvalue weighted by Crippen LogP contribution is -2.06. The molecule has 0 bridgehead atoms. The minimum atomic E-state index is -0.431. The Morgan fingerprint density at radius 1 is 0.643 bits per heavy atom. The topological polar surface area (TPSA) is 71.1 Å². The lowest BCUT2D eigenvalue weighted by molar-refractivity contribution is -0.138. The maximum atomic E-state index is 11.0. The molecule has 3 rings (SSSR count). The van der Waals surface area contributed by atoms with Gasteiger partial charge in [-0.2, -0.15) is 0 Å². The lowest BCUT2D eigenvalue weighted by atomic mass is 10.0. The van der Waals surface area contributed by atoms with E-state index in [9.17, 15) is 9.59 Å². The van der Waals surface area contributed by atoms with E-state index in [1.165, 1.54) is 0 Å². The van der Waals surface area contributed by atoms with E-state index in [1.54, 1.807) is 0 Å². The third kappa shape index (κ3) is 11.1. The maximum Gasteiger partial charge on any atom is 0.330 e. The first kappa shape index (κ1) is 31.3. The number of ether oxygens (including phenoxy) is 4. The number of carbonyl (C=O) groups is 2. The van der Waals surface area contributed by atoms with Gasteiger partial charge in [0.15, 0.2) is 0 Å². The van der Waals surface area contributed by atoms with Gasteiger partial charge in [-0.25, -0.2) is 9.59 Å². The van der Waals surface area contributed by atoms with Gasteiger partial charge in [0.1, 0.15) is 11.5 Å². The van der Waals surface area contributed by atoms with E-state index >= 15 is 0 Å². The van der Waals surface area contributed by atoms with Crippen molar-refractivity contribution in [1.82, 2.24) is 0 Å². The second-order valence-electron chi connectivity index (χ2n) is 8.92. The summed E-state index contributed by atoms with van der Waals surface area (Å²) in [5, 5.41) is 0. The van der Waals surface area contributed by atoms with E-state index in [-0.39, 0.29) is 0 Å². The predicted molar refractivity (Wildman–Crippen MR) is 163 cm³/mol. The van der Waals surface area contributed by atoms with Crippen molar-refractivity contribution in [3.05, 3.63) is 120 Å². The molecule has 0 saturated carbocycles. The van der Waals surface area contributed by atoms with Crippen LogP contribution in [-0.4, -0.2) is 38.4 Å². The zero-order chi connectivity index (χ0) is 30.0. The van der Waals surface area contributed by atoms with Crippen molar-refractivity contribution >= 4 is 11.9 Å². The first-order chi connectivity index (χ1) is 20.5. The molecule has 0 aromatic heterocycles. The molecule has 0 aliphatic heterocycles. The van der Waals surface area contributed by atoms with Gasteiger partial charge in [0.05, 0.1) is 26.4 Å². The number of hydrogen-bond acceptors (Lipinski definition) is 6. The summed E-state index contributed by atoms with van der Waals surface area (Å²) in [7, 11) is 0. The van der Waals surface area contributed by atoms with Gasteiger partial charge in [0.25, 0.3) is 0 Å². The molecule has 0 unspecified atom stereocenters. The summed E-state index contributed by atoms with van der Waals surface area (Å²) in [4.78, 5) is 22.1. The summed E-state index contributed by atoms with van der Waals surface area (Å²) in [6, 6.07) is 21.2. The van der Waals surface area contributed by atoms with Crippen LogP contribution in [0.2, 0.25) is 0 Å². The Kier molecular flexibility index (Phi) is 13.0. The largest absolute Gasteiger partial charge is 0.493 e. The summed E-state index contributed by atoms with van der Waals surface area (Å²) in [6.07, 6.45) is 4.33. The quantitative estimate of drug-likeness (QED) is 0.109. The normalized spacial score (nSPS) is 9.74. The molecule has 0 N–H and O–H groups in total. The van der Waals surface area contributed by atoms with Gasteiger partial charge >= 0.3 is 11.9 Å². The predicted octanol–water partition coefficient (Wildman–Crippen LogP) is 6.04. The molecule has 214 valence electrons. The van der Waals surface area contributed by atoms with Crippen LogP contribution < -0.4 is 9.47 Å². The van der Waals surface area contributed by atoms with Crippen LogP contribution in [-0.2, 0) is 25.5 Å². The number of rotatable bonds is 13. The highest BCUT2D eigenvalue weighted by Gasteiger charge is 2.01. The van der Waals surface area contributed by atoms with E-state index in [0.29, 0.717) is 39.3 Å². The molecule has 0 amide bonds. The summed E-state index contributed by atoms with van der Waals surface area (Å²) in [6.45, 7) is 10.3. The minimum absolute atomic E-state index is 0.293. The van der Waals surface area contributed by atoms with Gasteiger partial charge in [-0.15, -0.1) is 0 Å². The van der Waals surface area contributed by atoms with E-state index < -0.39 is 11.9 Å².